The zero-order chi connectivity index (χ0) is 17.9. The Hall–Kier alpha value is -1.93. The van der Waals surface area contributed by atoms with E-state index in [9.17, 15) is 9.90 Å². The Bertz CT molecular complexity index is 739. The Morgan fingerprint density at radius 1 is 1.38 bits per heavy atom. The Morgan fingerprint density at radius 2 is 2.08 bits per heavy atom. The lowest BCUT2D eigenvalue weighted by Crippen LogP contribution is -2.29. The number of nitrogens with one attached hydrogen (secondary N) is 1. The van der Waals surface area contributed by atoms with Gasteiger partial charge in [0.2, 0.25) is 5.95 Å². The first-order valence-electron chi connectivity index (χ1n) is 8.13. The van der Waals surface area contributed by atoms with Crippen molar-refractivity contribution in [3.8, 4) is 0 Å². The van der Waals surface area contributed by atoms with Crippen LogP contribution in [0.5, 0.6) is 0 Å². The quantitative estimate of drug-likeness (QED) is 0.736. The van der Waals surface area contributed by atoms with E-state index in [-0.39, 0.29) is 29.9 Å². The first kappa shape index (κ1) is 18.4. The van der Waals surface area contributed by atoms with Gasteiger partial charge in [0.1, 0.15) is 0 Å². The van der Waals surface area contributed by atoms with E-state index in [1.807, 2.05) is 11.5 Å². The van der Waals surface area contributed by atoms with Crippen LogP contribution in [0.3, 0.4) is 0 Å². The number of fused-ring (bicyclic) bond motifs is 1. The molecule has 0 saturated heterocycles. The fourth-order valence-corrected chi connectivity index (χ4v) is 3.09. The van der Waals surface area contributed by atoms with Gasteiger partial charge in [-0.1, -0.05) is 13.8 Å². The molecule has 2 rings (SSSR count). The summed E-state index contributed by atoms with van der Waals surface area (Å²) in [6.45, 7) is 5.47. The highest BCUT2D eigenvalue weighted by Crippen LogP contribution is 2.24. The summed E-state index contributed by atoms with van der Waals surface area (Å²) in [5.74, 6) is 1.06. The van der Waals surface area contributed by atoms with Crippen molar-refractivity contribution >= 4 is 17.1 Å². The van der Waals surface area contributed by atoms with E-state index in [2.05, 4.69) is 22.2 Å². The van der Waals surface area contributed by atoms with Crippen molar-refractivity contribution in [2.75, 3.05) is 32.7 Å². The highest BCUT2D eigenvalue weighted by molar-refractivity contribution is 5.71. The van der Waals surface area contributed by atoms with Gasteiger partial charge in [0.05, 0.1) is 6.33 Å². The summed E-state index contributed by atoms with van der Waals surface area (Å²) in [7, 11) is 5.06. The topological polar surface area (TPSA) is 94.2 Å². The van der Waals surface area contributed by atoms with Crippen LogP contribution in [0.4, 0.5) is 5.95 Å². The van der Waals surface area contributed by atoms with Crippen LogP contribution in [-0.2, 0) is 18.3 Å². The smallest absolute Gasteiger partial charge is 0.282 e. The zero-order valence-corrected chi connectivity index (χ0v) is 15.0. The van der Waals surface area contributed by atoms with Crippen LogP contribution < -0.4 is 10.9 Å². The molecular weight excluding hydrogens is 310 g/mol. The molecule has 8 heteroatoms. The van der Waals surface area contributed by atoms with E-state index in [1.165, 1.54) is 4.57 Å². The molecule has 2 heterocycles. The minimum absolute atomic E-state index is 0.117. The number of anilines is 1. The Labute approximate surface area is 141 Å². The number of nitrogens with zero attached hydrogens (tertiary/aromatic N) is 4. The zero-order valence-electron chi connectivity index (χ0n) is 15.0. The molecule has 2 unspecified atom stereocenters. The van der Waals surface area contributed by atoms with Gasteiger partial charge in [-0.25, -0.2) is 4.98 Å². The predicted octanol–water partition coefficient (Wildman–Crippen LogP) is 0.699. The van der Waals surface area contributed by atoms with Gasteiger partial charge in [0.25, 0.3) is 5.56 Å². The molecule has 2 N–H and O–H groups in total. The molecule has 2 aromatic heterocycles. The van der Waals surface area contributed by atoms with Gasteiger partial charge in [-0.15, -0.1) is 0 Å². The summed E-state index contributed by atoms with van der Waals surface area (Å²) in [6, 6.07) is 0. The van der Waals surface area contributed by atoms with Crippen LogP contribution >= 0.6 is 0 Å². The number of ether oxygens (including phenoxy) is 1. The van der Waals surface area contributed by atoms with Crippen molar-refractivity contribution in [3.63, 3.8) is 0 Å². The van der Waals surface area contributed by atoms with Crippen molar-refractivity contribution in [2.24, 2.45) is 24.8 Å². The third kappa shape index (κ3) is 3.44. The van der Waals surface area contributed by atoms with Crippen LogP contribution in [0.2, 0.25) is 0 Å². The number of rotatable bonds is 8. The van der Waals surface area contributed by atoms with Crippen LogP contribution in [0.25, 0.3) is 11.2 Å². The van der Waals surface area contributed by atoms with Crippen LogP contribution in [-0.4, -0.2) is 51.6 Å². The Balaban J connectivity index is 2.35. The number of aliphatic hydroxyl groups excluding tert-OH is 1. The molecule has 0 bridgehead atoms. The molecule has 2 aromatic rings. The van der Waals surface area contributed by atoms with Crippen molar-refractivity contribution in [1.29, 1.82) is 0 Å². The van der Waals surface area contributed by atoms with E-state index in [1.54, 1.807) is 27.5 Å². The lowest BCUT2D eigenvalue weighted by atomic mass is 9.84. The molecule has 0 aliphatic heterocycles. The van der Waals surface area contributed by atoms with E-state index < -0.39 is 0 Å². The fourth-order valence-electron chi connectivity index (χ4n) is 3.09. The first-order chi connectivity index (χ1) is 11.4. The molecule has 0 fully saturated rings. The van der Waals surface area contributed by atoms with E-state index in [0.29, 0.717) is 30.3 Å². The molecule has 24 heavy (non-hydrogen) atoms. The molecule has 0 aliphatic carbocycles. The van der Waals surface area contributed by atoms with Crippen molar-refractivity contribution in [1.82, 2.24) is 19.1 Å². The second-order valence-electron chi connectivity index (χ2n) is 6.38. The third-order valence-corrected chi connectivity index (χ3v) is 4.66. The highest BCUT2D eigenvalue weighted by atomic mass is 16.5. The molecule has 3 atom stereocenters. The summed E-state index contributed by atoms with van der Waals surface area (Å²) in [6.07, 6.45) is 1.66. The molecule has 0 saturated carbocycles. The van der Waals surface area contributed by atoms with Crippen LogP contribution in [0.15, 0.2) is 11.1 Å². The normalized spacial score (nSPS) is 15.4. The van der Waals surface area contributed by atoms with E-state index in [4.69, 9.17) is 4.74 Å². The maximum atomic E-state index is 12.4. The monoisotopic (exact) mass is 337 g/mol. The minimum atomic E-state index is -0.173. The predicted molar refractivity (Wildman–Crippen MR) is 93.1 cm³/mol. The van der Waals surface area contributed by atoms with Gasteiger partial charge < -0.3 is 19.7 Å². The summed E-state index contributed by atoms with van der Waals surface area (Å²) in [4.78, 5) is 21.1. The number of methoxy groups -OCH3 is 1. The average Bonchev–Trinajstić information content (AvgIpc) is 2.97. The van der Waals surface area contributed by atoms with E-state index >= 15 is 0 Å². The molecule has 0 spiro atoms. The van der Waals surface area contributed by atoms with Gasteiger partial charge in [0, 0.05) is 41.0 Å². The summed E-state index contributed by atoms with van der Waals surface area (Å²) < 4.78 is 8.66. The standard InChI is InChI=1S/C16H27N5O3/c1-10(12(8-24-5)11(2)7-22)6-21-9-18-13-14(21)19-16(17-3)20(4)15(13)23/h9-12,22H,6-8H2,1-5H3,(H,17,19)/t10?,11?,12-/m1/s1. The largest absolute Gasteiger partial charge is 0.396 e. The number of hydrogen-bond acceptors (Lipinski definition) is 6. The van der Waals surface area contributed by atoms with E-state index in [0.717, 1.165) is 0 Å². The van der Waals surface area contributed by atoms with Gasteiger partial charge in [-0.05, 0) is 17.8 Å². The van der Waals surface area contributed by atoms with Gasteiger partial charge in [-0.3, -0.25) is 9.36 Å². The SMILES string of the molecule is CNc1nc2c(ncn2CC(C)[C@@H](COC)C(C)CO)c(=O)n1C. The summed E-state index contributed by atoms with van der Waals surface area (Å²) in [5, 5.41) is 12.4. The maximum absolute atomic E-state index is 12.4. The van der Waals surface area contributed by atoms with Crippen LogP contribution in [0.1, 0.15) is 13.8 Å². The Kier molecular flexibility index (Phi) is 5.95. The van der Waals surface area contributed by atoms with Gasteiger partial charge in [0.15, 0.2) is 11.2 Å². The summed E-state index contributed by atoms with van der Waals surface area (Å²) in [5.41, 5.74) is 0.761. The van der Waals surface area contributed by atoms with Gasteiger partial charge in [-0.2, -0.15) is 4.98 Å². The van der Waals surface area contributed by atoms with Crippen molar-refractivity contribution in [2.45, 2.75) is 20.4 Å². The van der Waals surface area contributed by atoms with Crippen molar-refractivity contribution in [3.05, 3.63) is 16.7 Å². The molecule has 0 radical (unpaired) electrons. The summed E-state index contributed by atoms with van der Waals surface area (Å²) >= 11 is 0. The molecule has 0 aliphatic rings. The second-order valence-corrected chi connectivity index (χ2v) is 6.38. The number of imidazole rings is 1. The lowest BCUT2D eigenvalue weighted by Gasteiger charge is -2.28. The average molecular weight is 337 g/mol. The number of aliphatic hydroxyl groups is 1. The second kappa shape index (κ2) is 7.76. The Morgan fingerprint density at radius 3 is 2.67 bits per heavy atom. The van der Waals surface area contributed by atoms with Gasteiger partial charge >= 0.3 is 0 Å². The molecule has 0 aromatic carbocycles. The first-order valence-corrected chi connectivity index (χ1v) is 8.13. The highest BCUT2D eigenvalue weighted by Gasteiger charge is 2.24. The lowest BCUT2D eigenvalue weighted by molar-refractivity contribution is 0.0618. The number of aromatic nitrogens is 4. The fraction of sp³-hybridized carbons (Fsp3) is 0.688. The minimum Gasteiger partial charge on any atom is -0.396 e. The maximum Gasteiger partial charge on any atom is 0.282 e. The number of hydrogen-bond donors (Lipinski definition) is 2. The molecule has 134 valence electrons. The van der Waals surface area contributed by atoms with Crippen LogP contribution in [0, 0.1) is 17.8 Å². The third-order valence-electron chi connectivity index (χ3n) is 4.66. The molecule has 0 amide bonds. The van der Waals surface area contributed by atoms with Crippen molar-refractivity contribution < 1.29 is 9.84 Å². The molecular formula is C16H27N5O3. The molecule has 8 nitrogen and oxygen atoms in total.